The van der Waals surface area contributed by atoms with Gasteiger partial charge in [0.15, 0.2) is 6.04 Å². The van der Waals surface area contributed by atoms with E-state index in [-0.39, 0.29) is 11.3 Å². The van der Waals surface area contributed by atoms with Crippen LogP contribution in [0.25, 0.3) is 0 Å². The van der Waals surface area contributed by atoms with E-state index in [9.17, 15) is 14.7 Å². The molecule has 2 unspecified atom stereocenters. The normalized spacial score (nSPS) is 40.3. The number of aliphatic carboxylic acids is 1. The quantitative estimate of drug-likeness (QED) is 0.443. The van der Waals surface area contributed by atoms with Crippen molar-refractivity contribution in [2.45, 2.75) is 42.5 Å². The fourth-order valence-corrected chi connectivity index (χ4v) is 6.59. The van der Waals surface area contributed by atoms with E-state index in [2.05, 4.69) is 21.8 Å². The van der Waals surface area contributed by atoms with Crippen LogP contribution in [0.5, 0.6) is 0 Å². The van der Waals surface area contributed by atoms with Crippen molar-refractivity contribution in [1.82, 2.24) is 14.7 Å². The number of nitrogens with zero attached hydrogens (tertiary/aromatic N) is 4. The zero-order valence-corrected chi connectivity index (χ0v) is 15.8. The van der Waals surface area contributed by atoms with Crippen molar-refractivity contribution >= 4 is 30.0 Å². The lowest BCUT2D eigenvalue weighted by Gasteiger charge is -2.45. The molecule has 1 amide bonds. The SMILES string of the molecule is CN1CC2CC(C1)CN(/C=N/[C@@H]1C(=O)N3[C@@H]1SC(C)(C)[C@@H]3C(=O)O)C2. The number of hydrogen-bond donors (Lipinski definition) is 1. The Morgan fingerprint density at radius 1 is 1.28 bits per heavy atom. The number of carbonyl (C=O) groups is 2. The third kappa shape index (κ3) is 2.83. The van der Waals surface area contributed by atoms with Crippen LogP contribution in [0.1, 0.15) is 20.3 Å². The topological polar surface area (TPSA) is 76.5 Å². The fraction of sp³-hybridized carbons (Fsp3) is 0.824. The number of aliphatic imine (C=N–C) groups is 1. The summed E-state index contributed by atoms with van der Waals surface area (Å²) in [5.41, 5.74) is 0. The number of carboxylic acid groups (broad SMARTS) is 1. The zero-order chi connectivity index (χ0) is 17.9. The summed E-state index contributed by atoms with van der Waals surface area (Å²) in [6, 6.07) is -1.19. The molecule has 4 rings (SSSR count). The molecule has 0 radical (unpaired) electrons. The molecule has 2 bridgehead atoms. The Bertz CT molecular complexity index is 607. The number of carboxylic acids is 1. The van der Waals surface area contributed by atoms with Gasteiger partial charge in [0.05, 0.1) is 6.34 Å². The molecule has 25 heavy (non-hydrogen) atoms. The number of carbonyl (C=O) groups excluding carboxylic acids is 1. The highest BCUT2D eigenvalue weighted by molar-refractivity contribution is 8.01. The third-order valence-corrected chi connectivity index (χ3v) is 7.39. The molecule has 0 aliphatic carbocycles. The van der Waals surface area contributed by atoms with E-state index in [4.69, 9.17) is 0 Å². The van der Waals surface area contributed by atoms with Crippen LogP contribution < -0.4 is 0 Å². The Kier molecular flexibility index (Phi) is 4.03. The Balaban J connectivity index is 1.42. The fourth-order valence-electron chi connectivity index (χ4n) is 4.97. The number of β-lactam (4-membered cyclic amide) rings is 1. The summed E-state index contributed by atoms with van der Waals surface area (Å²) in [4.78, 5) is 34.7. The first kappa shape index (κ1) is 17.1. The lowest BCUT2D eigenvalue weighted by Crippen LogP contribution is -2.65. The predicted octanol–water partition coefficient (Wildman–Crippen LogP) is 0.414. The Hall–Kier alpha value is -1.28. The van der Waals surface area contributed by atoms with Gasteiger partial charge in [-0.3, -0.25) is 9.79 Å². The Morgan fingerprint density at radius 2 is 1.92 bits per heavy atom. The number of amides is 1. The molecule has 0 aromatic carbocycles. The molecule has 4 aliphatic heterocycles. The second-order valence-electron chi connectivity index (χ2n) is 8.45. The highest BCUT2D eigenvalue weighted by Crippen LogP contribution is 2.51. The second-order valence-corrected chi connectivity index (χ2v) is 10.2. The van der Waals surface area contributed by atoms with E-state index >= 15 is 0 Å². The summed E-state index contributed by atoms with van der Waals surface area (Å²) < 4.78 is -0.483. The maximum Gasteiger partial charge on any atom is 0.327 e. The van der Waals surface area contributed by atoms with Gasteiger partial charge in [0, 0.05) is 30.9 Å². The molecular weight excluding hydrogens is 340 g/mol. The van der Waals surface area contributed by atoms with Gasteiger partial charge in [0.25, 0.3) is 5.91 Å². The van der Waals surface area contributed by atoms with E-state index < -0.39 is 22.8 Å². The van der Waals surface area contributed by atoms with Crippen molar-refractivity contribution in [2.24, 2.45) is 16.8 Å². The van der Waals surface area contributed by atoms with Gasteiger partial charge in [-0.15, -0.1) is 11.8 Å². The van der Waals surface area contributed by atoms with Crippen LogP contribution in [0.3, 0.4) is 0 Å². The molecule has 1 N–H and O–H groups in total. The molecule has 5 atom stereocenters. The van der Waals surface area contributed by atoms with Crippen LogP contribution in [-0.2, 0) is 9.59 Å². The monoisotopic (exact) mass is 366 g/mol. The first-order valence-corrected chi connectivity index (χ1v) is 9.83. The summed E-state index contributed by atoms with van der Waals surface area (Å²) >= 11 is 1.55. The maximum absolute atomic E-state index is 12.5. The largest absolute Gasteiger partial charge is 0.480 e. The maximum atomic E-state index is 12.5. The summed E-state index contributed by atoms with van der Waals surface area (Å²) in [5, 5.41) is 9.32. The van der Waals surface area contributed by atoms with Crippen molar-refractivity contribution < 1.29 is 14.7 Å². The molecule has 0 saturated carbocycles. The van der Waals surface area contributed by atoms with E-state index in [0.29, 0.717) is 11.8 Å². The van der Waals surface area contributed by atoms with Gasteiger partial charge in [0.2, 0.25) is 0 Å². The van der Waals surface area contributed by atoms with Crippen molar-refractivity contribution in [3.05, 3.63) is 0 Å². The minimum atomic E-state index is -0.927. The molecule has 4 saturated heterocycles. The molecule has 4 fully saturated rings. The summed E-state index contributed by atoms with van der Waals surface area (Å²) in [6.07, 6.45) is 3.14. The number of piperidine rings is 2. The van der Waals surface area contributed by atoms with E-state index in [0.717, 1.165) is 26.2 Å². The summed E-state index contributed by atoms with van der Waals surface area (Å²) in [6.45, 7) is 8.04. The first-order chi connectivity index (χ1) is 11.8. The number of rotatable bonds is 3. The average Bonchev–Trinajstić information content (AvgIpc) is 2.74. The number of fused-ring (bicyclic) bond motifs is 3. The highest BCUT2D eigenvalue weighted by Gasteiger charge is 2.63. The molecule has 7 nitrogen and oxygen atoms in total. The Labute approximate surface area is 152 Å². The second kappa shape index (κ2) is 5.87. The van der Waals surface area contributed by atoms with Crippen LogP contribution in [0.15, 0.2) is 4.99 Å². The molecule has 0 spiro atoms. The van der Waals surface area contributed by atoms with Gasteiger partial charge in [0.1, 0.15) is 11.4 Å². The van der Waals surface area contributed by atoms with Gasteiger partial charge in [-0.2, -0.15) is 0 Å². The smallest absolute Gasteiger partial charge is 0.327 e. The minimum Gasteiger partial charge on any atom is -0.480 e. The van der Waals surface area contributed by atoms with E-state index in [1.54, 1.807) is 11.8 Å². The van der Waals surface area contributed by atoms with Crippen molar-refractivity contribution in [1.29, 1.82) is 0 Å². The average molecular weight is 366 g/mol. The third-order valence-electron chi connectivity index (χ3n) is 5.83. The van der Waals surface area contributed by atoms with Gasteiger partial charge < -0.3 is 19.8 Å². The highest BCUT2D eigenvalue weighted by atomic mass is 32.2. The molecule has 138 valence electrons. The number of likely N-dealkylation sites (tertiary alicyclic amines) is 2. The summed E-state index contributed by atoms with van der Waals surface area (Å²) in [7, 11) is 2.18. The first-order valence-electron chi connectivity index (χ1n) is 8.95. The molecule has 0 aromatic rings. The van der Waals surface area contributed by atoms with Gasteiger partial charge >= 0.3 is 5.97 Å². The van der Waals surface area contributed by atoms with E-state index in [1.807, 2.05) is 20.2 Å². The van der Waals surface area contributed by atoms with Crippen LogP contribution in [0.2, 0.25) is 0 Å². The summed E-state index contributed by atoms with van der Waals surface area (Å²) in [5.74, 6) is 0.273. The van der Waals surface area contributed by atoms with Gasteiger partial charge in [-0.1, -0.05) is 0 Å². The van der Waals surface area contributed by atoms with Crippen LogP contribution in [0, 0.1) is 11.8 Å². The standard InChI is InChI=1S/C17H26N4O3S/c1-17(2)13(16(23)24)21-14(22)12(15(21)25-17)18-9-20-7-10-4-11(8-20)6-19(3)5-10/h9-13,15H,4-8H2,1-3H3,(H,23,24)/b18-9+/t10?,11?,12-,13+,15-/m1/s1. The Morgan fingerprint density at radius 3 is 2.52 bits per heavy atom. The van der Waals surface area contributed by atoms with Gasteiger partial charge in [-0.25, -0.2) is 4.79 Å². The van der Waals surface area contributed by atoms with Crippen LogP contribution >= 0.6 is 11.8 Å². The van der Waals surface area contributed by atoms with Crippen LogP contribution in [0.4, 0.5) is 0 Å². The van der Waals surface area contributed by atoms with Crippen molar-refractivity contribution in [3.8, 4) is 0 Å². The minimum absolute atomic E-state index is 0.143. The van der Waals surface area contributed by atoms with Crippen LogP contribution in [-0.4, -0.2) is 93.5 Å². The lowest BCUT2D eigenvalue weighted by atomic mass is 9.85. The predicted molar refractivity (Wildman–Crippen MR) is 96.7 cm³/mol. The molecule has 4 heterocycles. The molecule has 4 aliphatic rings. The molecular formula is C17H26N4O3S. The van der Waals surface area contributed by atoms with Crippen molar-refractivity contribution in [3.63, 3.8) is 0 Å². The zero-order valence-electron chi connectivity index (χ0n) is 15.0. The van der Waals surface area contributed by atoms with E-state index in [1.165, 1.54) is 11.3 Å². The van der Waals surface area contributed by atoms with Gasteiger partial charge in [-0.05, 0) is 39.2 Å². The molecule has 0 aromatic heterocycles. The van der Waals surface area contributed by atoms with Crippen molar-refractivity contribution in [2.75, 3.05) is 33.2 Å². The number of hydrogen-bond acceptors (Lipinski definition) is 5. The number of thioether (sulfide) groups is 1. The molecule has 8 heteroatoms. The lowest BCUT2D eigenvalue weighted by molar-refractivity contribution is -0.158.